The molecule has 0 radical (unpaired) electrons. The van der Waals surface area contributed by atoms with Gasteiger partial charge >= 0.3 is 12.1 Å². The van der Waals surface area contributed by atoms with Crippen LogP contribution in [0.3, 0.4) is 0 Å². The SMILES string of the molecule is COc1ccc(CNC(=O)COC(=O)c2ccc(-c3cccc(C(F)(F)F)c3)o2)cc1. The van der Waals surface area contributed by atoms with Gasteiger partial charge in [0.1, 0.15) is 11.5 Å². The number of carbonyl (C=O) groups is 2. The van der Waals surface area contributed by atoms with Gasteiger partial charge in [0.25, 0.3) is 5.91 Å². The first-order valence-electron chi connectivity index (χ1n) is 9.10. The fourth-order valence-electron chi connectivity index (χ4n) is 2.65. The molecule has 1 amide bonds. The first-order valence-corrected chi connectivity index (χ1v) is 9.10. The number of furan rings is 1. The van der Waals surface area contributed by atoms with Crippen molar-refractivity contribution in [2.75, 3.05) is 13.7 Å². The summed E-state index contributed by atoms with van der Waals surface area (Å²) in [6, 6.07) is 14.2. The van der Waals surface area contributed by atoms with E-state index in [9.17, 15) is 22.8 Å². The number of esters is 1. The Hall–Kier alpha value is -3.75. The van der Waals surface area contributed by atoms with Gasteiger partial charge in [-0.1, -0.05) is 24.3 Å². The summed E-state index contributed by atoms with van der Waals surface area (Å²) >= 11 is 0. The van der Waals surface area contributed by atoms with E-state index in [1.165, 1.54) is 24.3 Å². The minimum Gasteiger partial charge on any atom is -0.497 e. The molecule has 0 spiro atoms. The number of ether oxygens (including phenoxy) is 2. The molecule has 0 aliphatic carbocycles. The maximum absolute atomic E-state index is 12.9. The Labute approximate surface area is 175 Å². The van der Waals surface area contributed by atoms with Crippen molar-refractivity contribution in [2.24, 2.45) is 0 Å². The zero-order valence-electron chi connectivity index (χ0n) is 16.4. The van der Waals surface area contributed by atoms with E-state index in [1.54, 1.807) is 31.4 Å². The van der Waals surface area contributed by atoms with E-state index in [1.807, 2.05) is 0 Å². The molecule has 0 fully saturated rings. The molecule has 0 saturated carbocycles. The lowest BCUT2D eigenvalue weighted by Crippen LogP contribution is -2.28. The highest BCUT2D eigenvalue weighted by atomic mass is 19.4. The van der Waals surface area contributed by atoms with Crippen molar-refractivity contribution in [2.45, 2.75) is 12.7 Å². The lowest BCUT2D eigenvalue weighted by atomic mass is 10.1. The predicted octanol–water partition coefficient (Wildman–Crippen LogP) is 4.45. The van der Waals surface area contributed by atoms with Gasteiger partial charge < -0.3 is 19.2 Å². The summed E-state index contributed by atoms with van der Waals surface area (Å²) in [7, 11) is 1.55. The molecule has 1 N–H and O–H groups in total. The number of rotatable bonds is 7. The third-order valence-electron chi connectivity index (χ3n) is 4.26. The number of hydrogen-bond donors (Lipinski definition) is 1. The van der Waals surface area contributed by atoms with Gasteiger partial charge in [0.05, 0.1) is 12.7 Å². The number of carbonyl (C=O) groups excluding carboxylic acids is 2. The van der Waals surface area contributed by atoms with E-state index in [0.717, 1.165) is 17.7 Å². The van der Waals surface area contributed by atoms with Crippen LogP contribution in [-0.2, 0) is 22.3 Å². The lowest BCUT2D eigenvalue weighted by Gasteiger charge is -2.07. The second kappa shape index (κ2) is 9.38. The second-order valence-corrected chi connectivity index (χ2v) is 6.44. The van der Waals surface area contributed by atoms with E-state index >= 15 is 0 Å². The molecule has 1 heterocycles. The Bertz CT molecular complexity index is 1060. The fourth-order valence-corrected chi connectivity index (χ4v) is 2.65. The standard InChI is InChI=1S/C22H18F3NO5/c1-29-17-7-5-14(6-8-17)12-26-20(27)13-30-21(28)19-10-9-18(31-19)15-3-2-4-16(11-15)22(23,24)25/h2-11H,12-13H2,1H3,(H,26,27). The van der Waals surface area contributed by atoms with Gasteiger partial charge in [0.2, 0.25) is 5.76 Å². The molecular formula is C22H18F3NO5. The van der Waals surface area contributed by atoms with Crippen LogP contribution in [0, 0.1) is 0 Å². The van der Waals surface area contributed by atoms with E-state index in [2.05, 4.69) is 5.32 Å². The normalized spacial score (nSPS) is 11.1. The summed E-state index contributed by atoms with van der Waals surface area (Å²) in [5, 5.41) is 2.60. The highest BCUT2D eigenvalue weighted by Crippen LogP contribution is 2.32. The predicted molar refractivity (Wildman–Crippen MR) is 104 cm³/mol. The van der Waals surface area contributed by atoms with Crippen molar-refractivity contribution in [3.05, 3.63) is 77.6 Å². The lowest BCUT2D eigenvalue weighted by molar-refractivity contribution is -0.137. The van der Waals surface area contributed by atoms with Crippen LogP contribution in [0.15, 0.2) is 65.1 Å². The van der Waals surface area contributed by atoms with Crippen molar-refractivity contribution in [1.29, 1.82) is 0 Å². The monoisotopic (exact) mass is 433 g/mol. The van der Waals surface area contributed by atoms with Crippen LogP contribution < -0.4 is 10.1 Å². The summed E-state index contributed by atoms with van der Waals surface area (Å²) in [6.07, 6.45) is -4.50. The average Bonchev–Trinajstić information content (AvgIpc) is 3.26. The van der Waals surface area contributed by atoms with Crippen LogP contribution in [0.4, 0.5) is 13.2 Å². The number of hydrogen-bond acceptors (Lipinski definition) is 5. The summed E-state index contributed by atoms with van der Waals surface area (Å²) < 4.78 is 53.8. The zero-order chi connectivity index (χ0) is 22.4. The Morgan fingerprint density at radius 2 is 1.77 bits per heavy atom. The van der Waals surface area contributed by atoms with E-state index < -0.39 is 30.2 Å². The first-order chi connectivity index (χ1) is 14.8. The molecule has 31 heavy (non-hydrogen) atoms. The molecule has 3 rings (SSSR count). The van der Waals surface area contributed by atoms with Crippen LogP contribution in [0.2, 0.25) is 0 Å². The number of halogens is 3. The maximum atomic E-state index is 12.9. The summed E-state index contributed by atoms with van der Waals surface area (Å²) in [5.41, 5.74) is 0.155. The minimum atomic E-state index is -4.50. The molecule has 162 valence electrons. The van der Waals surface area contributed by atoms with Crippen molar-refractivity contribution in [3.8, 4) is 17.1 Å². The highest BCUT2D eigenvalue weighted by molar-refractivity contribution is 5.89. The Balaban J connectivity index is 1.53. The van der Waals surface area contributed by atoms with Crippen LogP contribution in [0.25, 0.3) is 11.3 Å². The Morgan fingerprint density at radius 1 is 1.03 bits per heavy atom. The van der Waals surface area contributed by atoms with Crippen LogP contribution in [0.5, 0.6) is 5.75 Å². The number of benzene rings is 2. The van der Waals surface area contributed by atoms with E-state index in [0.29, 0.717) is 5.75 Å². The molecular weight excluding hydrogens is 415 g/mol. The van der Waals surface area contributed by atoms with Crippen molar-refractivity contribution >= 4 is 11.9 Å². The van der Waals surface area contributed by atoms with Crippen molar-refractivity contribution in [1.82, 2.24) is 5.32 Å². The molecule has 0 saturated heterocycles. The van der Waals surface area contributed by atoms with Crippen LogP contribution in [-0.4, -0.2) is 25.6 Å². The maximum Gasteiger partial charge on any atom is 0.416 e. The minimum absolute atomic E-state index is 0.0713. The van der Waals surface area contributed by atoms with Crippen molar-refractivity contribution in [3.63, 3.8) is 0 Å². The molecule has 0 bridgehead atoms. The molecule has 0 unspecified atom stereocenters. The van der Waals surface area contributed by atoms with Gasteiger partial charge in [-0.15, -0.1) is 0 Å². The molecule has 1 aromatic heterocycles. The number of alkyl halides is 3. The molecule has 9 heteroatoms. The third-order valence-corrected chi connectivity index (χ3v) is 4.26. The smallest absolute Gasteiger partial charge is 0.416 e. The van der Waals surface area contributed by atoms with Crippen molar-refractivity contribution < 1.29 is 36.7 Å². The third kappa shape index (κ3) is 5.88. The molecule has 2 aromatic carbocycles. The van der Waals surface area contributed by atoms with Gasteiger partial charge in [-0.3, -0.25) is 4.79 Å². The number of methoxy groups -OCH3 is 1. The van der Waals surface area contributed by atoms with Gasteiger partial charge in [0.15, 0.2) is 6.61 Å². The summed E-state index contributed by atoms with van der Waals surface area (Å²) in [4.78, 5) is 24.0. The summed E-state index contributed by atoms with van der Waals surface area (Å²) in [6.45, 7) is -0.296. The molecule has 0 atom stereocenters. The van der Waals surface area contributed by atoms with Gasteiger partial charge in [0, 0.05) is 12.1 Å². The molecule has 0 aliphatic rings. The fraction of sp³-hybridized carbons (Fsp3) is 0.182. The average molecular weight is 433 g/mol. The quantitative estimate of drug-likeness (QED) is 0.557. The Morgan fingerprint density at radius 3 is 2.45 bits per heavy atom. The van der Waals surface area contributed by atoms with Crippen LogP contribution in [0.1, 0.15) is 21.7 Å². The molecule has 3 aromatic rings. The summed E-state index contributed by atoms with van der Waals surface area (Å²) in [5.74, 6) is -0.893. The highest BCUT2D eigenvalue weighted by Gasteiger charge is 2.30. The second-order valence-electron chi connectivity index (χ2n) is 6.44. The largest absolute Gasteiger partial charge is 0.497 e. The Kier molecular flexibility index (Phi) is 6.64. The van der Waals surface area contributed by atoms with Gasteiger partial charge in [-0.05, 0) is 42.0 Å². The number of amides is 1. The number of nitrogens with one attached hydrogen (secondary N) is 1. The molecule has 0 aliphatic heterocycles. The van der Waals surface area contributed by atoms with Gasteiger partial charge in [-0.2, -0.15) is 13.2 Å². The molecule has 6 nitrogen and oxygen atoms in total. The van der Waals surface area contributed by atoms with E-state index in [-0.39, 0.29) is 23.6 Å². The van der Waals surface area contributed by atoms with Gasteiger partial charge in [-0.25, -0.2) is 4.79 Å². The first kappa shape index (κ1) is 21.9. The topological polar surface area (TPSA) is 77.8 Å². The van der Waals surface area contributed by atoms with E-state index in [4.69, 9.17) is 13.9 Å². The zero-order valence-corrected chi connectivity index (χ0v) is 16.4. The van der Waals surface area contributed by atoms with Crippen LogP contribution >= 0.6 is 0 Å².